The summed E-state index contributed by atoms with van der Waals surface area (Å²) in [7, 11) is 0. The molecule has 122 valence electrons. The minimum Gasteiger partial charge on any atom is -0.478 e. The van der Waals surface area contributed by atoms with Crippen LogP contribution in [0.5, 0.6) is 0 Å². The van der Waals surface area contributed by atoms with Crippen LogP contribution in [0.15, 0.2) is 42.5 Å². The normalized spacial score (nSPS) is 12.1. The first kappa shape index (κ1) is 17.1. The molecule has 0 aromatic heterocycles. The fourth-order valence-corrected chi connectivity index (χ4v) is 2.26. The van der Waals surface area contributed by atoms with Crippen LogP contribution in [-0.4, -0.2) is 17.1 Å². The quantitative estimate of drug-likeness (QED) is 0.816. The maximum absolute atomic E-state index is 13.5. The summed E-state index contributed by atoms with van der Waals surface area (Å²) in [5.41, 5.74) is 1.74. The fraction of sp³-hybridized carbons (Fsp3) is 0.278. The number of aryl methyl sites for hydroxylation is 1. The van der Waals surface area contributed by atoms with E-state index in [0.29, 0.717) is 18.5 Å². The van der Waals surface area contributed by atoms with Crippen molar-refractivity contribution in [1.29, 1.82) is 0 Å². The van der Waals surface area contributed by atoms with Gasteiger partial charge in [-0.2, -0.15) is 0 Å². The molecule has 0 radical (unpaired) electrons. The molecule has 0 saturated heterocycles. The van der Waals surface area contributed by atoms with Gasteiger partial charge in [-0.1, -0.05) is 18.2 Å². The Labute approximate surface area is 134 Å². The molecule has 0 heterocycles. The summed E-state index contributed by atoms with van der Waals surface area (Å²) in [4.78, 5) is 10.8. The summed E-state index contributed by atoms with van der Waals surface area (Å²) in [5.74, 6) is -2.03. The lowest BCUT2D eigenvalue weighted by Gasteiger charge is -2.14. The third-order valence-electron chi connectivity index (χ3n) is 3.72. The molecule has 3 nitrogen and oxygen atoms in total. The largest absolute Gasteiger partial charge is 0.478 e. The highest BCUT2D eigenvalue weighted by Crippen LogP contribution is 2.13. The summed E-state index contributed by atoms with van der Waals surface area (Å²) < 4.78 is 26.4. The number of halogens is 2. The number of carbonyl (C=O) groups is 1. The molecule has 23 heavy (non-hydrogen) atoms. The first-order valence-electron chi connectivity index (χ1n) is 7.45. The second-order valence-electron chi connectivity index (χ2n) is 5.56. The Balaban J connectivity index is 1.80. The zero-order valence-electron chi connectivity index (χ0n) is 12.9. The van der Waals surface area contributed by atoms with Crippen LogP contribution in [0, 0.1) is 11.6 Å². The van der Waals surface area contributed by atoms with E-state index < -0.39 is 17.6 Å². The van der Waals surface area contributed by atoms with Crippen LogP contribution >= 0.6 is 0 Å². The number of carboxylic acid groups (broad SMARTS) is 1. The first-order chi connectivity index (χ1) is 11.0. The summed E-state index contributed by atoms with van der Waals surface area (Å²) in [5, 5.41) is 12.1. The van der Waals surface area contributed by atoms with Crippen molar-refractivity contribution in [2.75, 3.05) is 0 Å². The number of hydrogen-bond donors (Lipinski definition) is 2. The highest BCUT2D eigenvalue weighted by atomic mass is 19.1. The Kier molecular flexibility index (Phi) is 5.82. The monoisotopic (exact) mass is 319 g/mol. The third-order valence-corrected chi connectivity index (χ3v) is 3.72. The first-order valence-corrected chi connectivity index (χ1v) is 7.45. The van der Waals surface area contributed by atoms with Crippen molar-refractivity contribution < 1.29 is 18.7 Å². The molecule has 0 aliphatic carbocycles. The van der Waals surface area contributed by atoms with Gasteiger partial charge in [-0.25, -0.2) is 13.6 Å². The average molecular weight is 319 g/mol. The molecule has 0 aliphatic heterocycles. The average Bonchev–Trinajstić information content (AvgIpc) is 2.52. The second-order valence-corrected chi connectivity index (χ2v) is 5.56. The van der Waals surface area contributed by atoms with E-state index >= 15 is 0 Å². The van der Waals surface area contributed by atoms with E-state index in [1.165, 1.54) is 12.1 Å². The summed E-state index contributed by atoms with van der Waals surface area (Å²) >= 11 is 0. The predicted molar refractivity (Wildman–Crippen MR) is 84.4 cm³/mol. The molecule has 2 rings (SSSR count). The maximum atomic E-state index is 13.5. The standard InChI is InChI=1S/C18H19F2NO2/c1-12(2-5-14-8-9-16(19)10-17(14)20)21-11-13-3-6-15(7-4-13)18(22)23/h3-4,6-10,12,21H,2,5,11H2,1H3,(H,22,23). The fourth-order valence-electron chi connectivity index (χ4n) is 2.26. The lowest BCUT2D eigenvalue weighted by atomic mass is 10.0. The molecule has 0 spiro atoms. The molecule has 0 fully saturated rings. The third kappa shape index (κ3) is 5.14. The van der Waals surface area contributed by atoms with Gasteiger partial charge in [0.2, 0.25) is 0 Å². The van der Waals surface area contributed by atoms with E-state index in [1.54, 1.807) is 24.3 Å². The van der Waals surface area contributed by atoms with Crippen molar-refractivity contribution in [3.8, 4) is 0 Å². The van der Waals surface area contributed by atoms with Crippen LogP contribution in [0.25, 0.3) is 0 Å². The molecule has 5 heteroatoms. The van der Waals surface area contributed by atoms with Crippen molar-refractivity contribution >= 4 is 5.97 Å². The van der Waals surface area contributed by atoms with E-state index in [2.05, 4.69) is 5.32 Å². The Bertz CT molecular complexity index is 671. The van der Waals surface area contributed by atoms with Gasteiger partial charge in [-0.3, -0.25) is 0 Å². The summed E-state index contributed by atoms with van der Waals surface area (Å²) in [6.45, 7) is 2.60. The second kappa shape index (κ2) is 7.83. The molecular weight excluding hydrogens is 300 g/mol. The smallest absolute Gasteiger partial charge is 0.335 e. The van der Waals surface area contributed by atoms with Gasteiger partial charge in [0.15, 0.2) is 0 Å². The highest BCUT2D eigenvalue weighted by molar-refractivity contribution is 5.87. The number of nitrogens with one attached hydrogen (secondary N) is 1. The Morgan fingerprint density at radius 1 is 1.17 bits per heavy atom. The summed E-state index contributed by atoms with van der Waals surface area (Å²) in [6.07, 6.45) is 1.24. The molecule has 1 unspecified atom stereocenters. The Morgan fingerprint density at radius 3 is 2.48 bits per heavy atom. The van der Waals surface area contributed by atoms with Gasteiger partial charge in [-0.15, -0.1) is 0 Å². The topological polar surface area (TPSA) is 49.3 Å². The van der Waals surface area contributed by atoms with Gasteiger partial charge in [0.1, 0.15) is 11.6 Å². The van der Waals surface area contributed by atoms with Gasteiger partial charge in [0.25, 0.3) is 0 Å². The Hall–Kier alpha value is -2.27. The number of rotatable bonds is 7. The van der Waals surface area contributed by atoms with Gasteiger partial charge in [0.05, 0.1) is 5.56 Å². The Morgan fingerprint density at radius 2 is 1.87 bits per heavy atom. The van der Waals surface area contributed by atoms with Crippen molar-refractivity contribution in [2.24, 2.45) is 0 Å². The van der Waals surface area contributed by atoms with E-state index in [1.807, 2.05) is 6.92 Å². The van der Waals surface area contributed by atoms with E-state index in [0.717, 1.165) is 18.1 Å². The van der Waals surface area contributed by atoms with Crippen molar-refractivity contribution in [3.63, 3.8) is 0 Å². The number of benzene rings is 2. The van der Waals surface area contributed by atoms with Crippen molar-refractivity contribution in [1.82, 2.24) is 5.32 Å². The van der Waals surface area contributed by atoms with Gasteiger partial charge in [-0.05, 0) is 49.1 Å². The minimum atomic E-state index is -0.945. The van der Waals surface area contributed by atoms with E-state index in [4.69, 9.17) is 5.11 Å². The number of aromatic carboxylic acids is 1. The van der Waals surface area contributed by atoms with Crippen molar-refractivity contribution in [3.05, 3.63) is 70.8 Å². The number of carboxylic acids is 1. The molecule has 0 aliphatic rings. The lowest BCUT2D eigenvalue weighted by molar-refractivity contribution is 0.0697. The molecule has 2 N–H and O–H groups in total. The molecular formula is C18H19F2NO2. The highest BCUT2D eigenvalue weighted by Gasteiger charge is 2.07. The number of hydrogen-bond acceptors (Lipinski definition) is 2. The van der Waals surface area contributed by atoms with Crippen LogP contribution in [0.3, 0.4) is 0 Å². The van der Waals surface area contributed by atoms with Crippen LogP contribution in [0.2, 0.25) is 0 Å². The molecule has 1 atom stereocenters. The van der Waals surface area contributed by atoms with Gasteiger partial charge in [0, 0.05) is 18.7 Å². The zero-order valence-corrected chi connectivity index (χ0v) is 12.9. The zero-order chi connectivity index (χ0) is 16.8. The van der Waals surface area contributed by atoms with Gasteiger partial charge >= 0.3 is 5.97 Å². The molecule has 0 saturated carbocycles. The van der Waals surface area contributed by atoms with Crippen LogP contribution < -0.4 is 5.32 Å². The van der Waals surface area contributed by atoms with Crippen molar-refractivity contribution in [2.45, 2.75) is 32.4 Å². The maximum Gasteiger partial charge on any atom is 0.335 e. The van der Waals surface area contributed by atoms with E-state index in [-0.39, 0.29) is 11.6 Å². The predicted octanol–water partition coefficient (Wildman–Crippen LogP) is 3.77. The van der Waals surface area contributed by atoms with E-state index in [9.17, 15) is 13.6 Å². The van der Waals surface area contributed by atoms with Gasteiger partial charge < -0.3 is 10.4 Å². The summed E-state index contributed by atoms with van der Waals surface area (Å²) in [6, 6.07) is 10.5. The minimum absolute atomic E-state index is 0.151. The van der Waals surface area contributed by atoms with Crippen LogP contribution in [0.4, 0.5) is 8.78 Å². The lowest BCUT2D eigenvalue weighted by Crippen LogP contribution is -2.26. The molecule has 2 aromatic rings. The molecule has 0 amide bonds. The van der Waals surface area contributed by atoms with Crippen LogP contribution in [0.1, 0.15) is 34.8 Å². The SMILES string of the molecule is CC(CCc1ccc(F)cc1F)NCc1ccc(C(=O)O)cc1. The molecule has 2 aromatic carbocycles. The molecule has 0 bridgehead atoms. The van der Waals surface area contributed by atoms with Crippen LogP contribution in [-0.2, 0) is 13.0 Å².